The van der Waals surface area contributed by atoms with Crippen LogP contribution in [0.15, 0.2) is 30.3 Å². The summed E-state index contributed by atoms with van der Waals surface area (Å²) in [6.45, 7) is 9.71. The van der Waals surface area contributed by atoms with E-state index < -0.39 is 117 Å². The van der Waals surface area contributed by atoms with Gasteiger partial charge in [-0.05, 0) is 23.7 Å². The van der Waals surface area contributed by atoms with Gasteiger partial charge in [0.15, 0.2) is 20.5 Å². The number of amides is 1. The van der Waals surface area contributed by atoms with Crippen LogP contribution in [0.1, 0.15) is 46.6 Å². The molecule has 6 atom stereocenters. The van der Waals surface area contributed by atoms with Crippen molar-refractivity contribution in [3.63, 3.8) is 0 Å². The molecule has 2 bridgehead atoms. The van der Waals surface area contributed by atoms with Crippen LogP contribution in [0.3, 0.4) is 0 Å². The molecule has 0 aliphatic carbocycles. The number of carbonyl (C=O) groups excluding carboxylic acids is 5. The number of hydrogen-bond donors (Lipinski definition) is 1. The second-order valence-corrected chi connectivity index (χ2v) is 18.4. The zero-order chi connectivity index (χ0) is 39.7. The number of rotatable bonds is 12. The Balaban J connectivity index is 2.11. The Hall–Kier alpha value is -3.98. The maximum Gasteiger partial charge on any atom is 0.511 e. The van der Waals surface area contributed by atoms with Crippen LogP contribution in [0, 0.1) is 0 Å². The smallest absolute Gasteiger partial charge is 0.460 e. The van der Waals surface area contributed by atoms with E-state index in [-0.39, 0.29) is 0 Å². The first-order valence-corrected chi connectivity index (χ1v) is 18.5. The van der Waals surface area contributed by atoms with E-state index in [2.05, 4.69) is 0 Å². The molecule has 0 saturated carbocycles. The fourth-order valence-electron chi connectivity index (χ4n) is 4.89. The van der Waals surface area contributed by atoms with Gasteiger partial charge < -0.3 is 38.2 Å². The highest BCUT2D eigenvalue weighted by molar-refractivity contribution is 6.74. The number of fused-ring (bicyclic) bond motifs is 2. The van der Waals surface area contributed by atoms with Gasteiger partial charge in [0, 0.05) is 13.8 Å². The highest BCUT2D eigenvalue weighted by atomic mass is 28.4. The van der Waals surface area contributed by atoms with E-state index in [0.717, 1.165) is 13.8 Å². The number of benzene rings is 1. The molecule has 52 heavy (non-hydrogen) atoms. The van der Waals surface area contributed by atoms with Crippen LogP contribution in [0.25, 0.3) is 0 Å². The largest absolute Gasteiger partial charge is 0.511 e. The zero-order valence-corrected chi connectivity index (χ0v) is 29.9. The van der Waals surface area contributed by atoms with Crippen molar-refractivity contribution in [2.45, 2.75) is 120 Å². The van der Waals surface area contributed by atoms with E-state index in [1.165, 1.54) is 5.32 Å². The number of halogens is 7. The van der Waals surface area contributed by atoms with Crippen molar-refractivity contribution in [1.82, 2.24) is 5.32 Å². The molecule has 2 heterocycles. The monoisotopic (exact) mass is 777 g/mol. The van der Waals surface area contributed by atoms with Crippen LogP contribution in [0.2, 0.25) is 18.1 Å². The molecule has 2 fully saturated rings. The van der Waals surface area contributed by atoms with E-state index in [1.54, 1.807) is 43.4 Å². The highest BCUT2D eigenvalue weighted by Crippen LogP contribution is 2.48. The fraction of sp³-hybridized carbons (Fsp3) is 0.645. The highest BCUT2D eigenvalue weighted by Gasteiger charge is 2.77. The number of esters is 3. The molecule has 21 heteroatoms. The van der Waals surface area contributed by atoms with Crippen molar-refractivity contribution in [1.29, 1.82) is 0 Å². The van der Waals surface area contributed by atoms with Crippen molar-refractivity contribution < 1.29 is 87.6 Å². The minimum Gasteiger partial charge on any atom is -0.460 e. The molecule has 2 aliphatic heterocycles. The van der Waals surface area contributed by atoms with Crippen LogP contribution in [-0.4, -0.2) is 99.2 Å². The Morgan fingerprint density at radius 3 is 2.10 bits per heavy atom. The van der Waals surface area contributed by atoms with Crippen LogP contribution in [0.4, 0.5) is 35.5 Å². The van der Waals surface area contributed by atoms with Crippen LogP contribution in [-0.2, 0) is 58.6 Å². The van der Waals surface area contributed by atoms with Gasteiger partial charge in [-0.1, -0.05) is 51.1 Å². The van der Waals surface area contributed by atoms with E-state index in [4.69, 9.17) is 32.8 Å². The molecule has 1 aromatic carbocycles. The number of ether oxygens (including phenoxy) is 6. The first-order valence-electron chi connectivity index (χ1n) is 15.6. The summed E-state index contributed by atoms with van der Waals surface area (Å²) >= 11 is 0. The lowest BCUT2D eigenvalue weighted by Crippen LogP contribution is -2.74. The lowest BCUT2D eigenvalue weighted by molar-refractivity contribution is -0.346. The van der Waals surface area contributed by atoms with Crippen molar-refractivity contribution in [3.8, 4) is 0 Å². The summed E-state index contributed by atoms with van der Waals surface area (Å²) in [5.74, 6) is -23.3. The Bertz CT molecular complexity index is 1500. The molecular formula is C31H38F7NO12Si. The summed E-state index contributed by atoms with van der Waals surface area (Å²) < 4.78 is 134. The lowest BCUT2D eigenvalue weighted by atomic mass is 9.86. The van der Waals surface area contributed by atoms with Gasteiger partial charge in [-0.3, -0.25) is 14.4 Å². The average Bonchev–Trinajstić information content (AvgIpc) is 3.00. The number of hydrogen-bond acceptors (Lipinski definition) is 12. The van der Waals surface area contributed by atoms with E-state index in [0.29, 0.717) is 5.56 Å². The molecule has 1 aromatic rings. The molecule has 0 spiro atoms. The zero-order valence-electron chi connectivity index (χ0n) is 28.9. The maximum absolute atomic E-state index is 14.6. The summed E-state index contributed by atoms with van der Waals surface area (Å²) in [5.41, 5.74) is 0.453. The molecule has 0 unspecified atom stereocenters. The van der Waals surface area contributed by atoms with Gasteiger partial charge in [0.05, 0.1) is 19.1 Å². The summed E-state index contributed by atoms with van der Waals surface area (Å²) in [7, 11) is -2.73. The number of alkyl halides is 7. The third-order valence-corrected chi connectivity index (χ3v) is 13.1. The standard InChI is InChI=1S/C31H38F7NO12Si/c1-16(40)47-19-13-28(51-26(44)45-14-18-11-9-8-10-12-18)25(43)49-22(20(48-17(2)41)15-46-52(6,7)27(3,4)5)23(50-28)21(19)39-24(42)29(32,33)30(34,35)31(36,37)38/h8-12,19-23H,13-15H2,1-7H3,(H,39,42)/t19-,20+,21+,22+,23+,28+/m0/s1. The number of nitrogens with one attached hydrogen (secondary N) is 1. The quantitative estimate of drug-likeness (QED) is 0.132. The molecule has 1 amide bonds. The number of cyclic esters (lactones) is 1. The second kappa shape index (κ2) is 15.2. The SMILES string of the molecule is CC(=O)O[C@H]1C[C@]2(OC(=O)OCc3ccccc3)O[C@H]([C@@H]1NC(=O)C(F)(F)C(F)(F)C(F)(F)F)[C@@H]([C@@H](CO[Si](C)(C)C(C)(C)C)OC(C)=O)OC2=O. The summed E-state index contributed by atoms with van der Waals surface area (Å²) in [5, 5.41) is 0.844. The van der Waals surface area contributed by atoms with E-state index in [1.807, 2.05) is 20.8 Å². The molecule has 2 saturated heterocycles. The second-order valence-electron chi connectivity index (χ2n) is 13.5. The van der Waals surface area contributed by atoms with Crippen molar-refractivity contribution in [2.24, 2.45) is 0 Å². The van der Waals surface area contributed by atoms with Gasteiger partial charge in [-0.15, -0.1) is 0 Å². The van der Waals surface area contributed by atoms with Gasteiger partial charge in [-0.2, -0.15) is 30.7 Å². The average molecular weight is 778 g/mol. The minimum atomic E-state index is -6.90. The summed E-state index contributed by atoms with van der Waals surface area (Å²) in [4.78, 5) is 63.5. The molecule has 0 radical (unpaired) electrons. The van der Waals surface area contributed by atoms with Gasteiger partial charge in [0.1, 0.15) is 18.8 Å². The van der Waals surface area contributed by atoms with Gasteiger partial charge in [0.25, 0.3) is 5.91 Å². The third kappa shape index (κ3) is 9.14. The van der Waals surface area contributed by atoms with Crippen molar-refractivity contribution in [2.75, 3.05) is 6.61 Å². The van der Waals surface area contributed by atoms with E-state index >= 15 is 0 Å². The summed E-state index contributed by atoms with van der Waals surface area (Å²) in [6.07, 6.45) is -17.8. The van der Waals surface area contributed by atoms with Crippen LogP contribution >= 0.6 is 0 Å². The Labute approximate surface area is 293 Å². The maximum atomic E-state index is 14.6. The molecule has 0 aromatic heterocycles. The fourth-order valence-corrected chi connectivity index (χ4v) is 5.90. The van der Waals surface area contributed by atoms with Crippen molar-refractivity contribution >= 4 is 38.3 Å². The molecule has 292 valence electrons. The van der Waals surface area contributed by atoms with E-state index in [9.17, 15) is 54.7 Å². The predicted molar refractivity (Wildman–Crippen MR) is 162 cm³/mol. The minimum absolute atomic E-state index is 0.412. The molecule has 13 nitrogen and oxygen atoms in total. The topological polar surface area (TPSA) is 162 Å². The van der Waals surface area contributed by atoms with Crippen LogP contribution < -0.4 is 5.32 Å². The molecule has 3 rings (SSSR count). The van der Waals surface area contributed by atoms with Gasteiger partial charge in [-0.25, -0.2) is 9.59 Å². The summed E-state index contributed by atoms with van der Waals surface area (Å²) in [6, 6.07) is 5.65. The Kier molecular flexibility index (Phi) is 12.4. The van der Waals surface area contributed by atoms with Gasteiger partial charge in [0.2, 0.25) is 0 Å². The van der Waals surface area contributed by atoms with Crippen molar-refractivity contribution in [3.05, 3.63) is 35.9 Å². The first kappa shape index (κ1) is 42.4. The molecule has 2 aliphatic rings. The predicted octanol–water partition coefficient (Wildman–Crippen LogP) is 4.95. The Morgan fingerprint density at radius 2 is 1.58 bits per heavy atom. The molecule has 1 N–H and O–H groups in total. The third-order valence-electron chi connectivity index (χ3n) is 8.63. The Morgan fingerprint density at radius 1 is 0.981 bits per heavy atom. The van der Waals surface area contributed by atoms with Gasteiger partial charge >= 0.3 is 47.9 Å². The number of carbonyl (C=O) groups is 5. The first-order chi connectivity index (χ1) is 23.6. The van der Waals surface area contributed by atoms with Crippen LogP contribution in [0.5, 0.6) is 0 Å². The molecular weight excluding hydrogens is 739 g/mol. The normalized spacial score (nSPS) is 24.5. The lowest BCUT2D eigenvalue weighted by Gasteiger charge is -2.52.